The Bertz CT molecular complexity index is 2700. The zero-order chi connectivity index (χ0) is 59.7. The molecule has 22 nitrogen and oxygen atoms in total. The summed E-state index contributed by atoms with van der Waals surface area (Å²) in [5.41, 5.74) is 8.53. The van der Waals surface area contributed by atoms with Crippen molar-refractivity contribution in [2.45, 2.75) is 153 Å². The monoisotopic (exact) mass is 1170 g/mol. The average molecular weight is 1180 g/mol. The Kier molecular flexibility index (Phi) is 27.6. The first-order valence-electron chi connectivity index (χ1n) is 27.8. The van der Waals surface area contributed by atoms with E-state index in [2.05, 4.69) is 61.4 Å². The molecule has 1 fully saturated rings. The molecule has 0 aliphatic carbocycles. The number of aliphatic hydroxyl groups is 3. The Labute approximate surface area is 486 Å². The van der Waals surface area contributed by atoms with Crippen LogP contribution in [0.5, 0.6) is 0 Å². The van der Waals surface area contributed by atoms with Gasteiger partial charge in [-0.25, -0.2) is 0 Å². The summed E-state index contributed by atoms with van der Waals surface area (Å²) < 4.78 is 5.89. The fourth-order valence-electron chi connectivity index (χ4n) is 8.90. The summed E-state index contributed by atoms with van der Waals surface area (Å²) in [7, 11) is 2.00. The predicted octanol–water partition coefficient (Wildman–Crippen LogP) is 1.19. The maximum atomic E-state index is 15.0. The number of carbonyl (C=O) groups is 8. The van der Waals surface area contributed by atoms with Crippen LogP contribution in [0.25, 0.3) is 10.9 Å². The number of aliphatic hydroxyl groups excluding tert-OH is 3. The zero-order valence-corrected chi connectivity index (χ0v) is 48.8. The van der Waals surface area contributed by atoms with E-state index < -0.39 is 121 Å². The van der Waals surface area contributed by atoms with Gasteiger partial charge in [-0.05, 0) is 81.7 Å². The lowest BCUT2D eigenvalue weighted by atomic mass is 10.0. The lowest BCUT2D eigenvalue weighted by Crippen LogP contribution is -2.62. The van der Waals surface area contributed by atoms with Crippen LogP contribution >= 0.6 is 21.6 Å². The maximum absolute atomic E-state index is 15.0. The maximum Gasteiger partial charge on any atom is 0.245 e. The minimum atomic E-state index is -1.70. The van der Waals surface area contributed by atoms with Crippen molar-refractivity contribution in [3.8, 4) is 0 Å². The molecule has 11 atom stereocenters. The van der Waals surface area contributed by atoms with Crippen molar-refractivity contribution in [2.24, 2.45) is 11.7 Å². The normalized spacial score (nSPS) is 21.8. The Balaban J connectivity index is 1.59. The van der Waals surface area contributed by atoms with Gasteiger partial charge in [-0.3, -0.25) is 38.4 Å². The molecule has 2 heterocycles. The van der Waals surface area contributed by atoms with E-state index in [9.17, 15) is 53.7 Å². The van der Waals surface area contributed by atoms with Crippen LogP contribution in [-0.2, 0) is 62.4 Å². The number of amides is 8. The number of rotatable bonds is 24. The summed E-state index contributed by atoms with van der Waals surface area (Å²) in [6, 6.07) is 14.0. The number of benzene rings is 3. The van der Waals surface area contributed by atoms with Gasteiger partial charge in [0.1, 0.15) is 42.3 Å². The molecular weight excluding hydrogens is 1090 g/mol. The fraction of sp³-hybridized carbons (Fsp3) is 0.517. The second kappa shape index (κ2) is 34.2. The highest BCUT2D eigenvalue weighted by Gasteiger charge is 2.37. The van der Waals surface area contributed by atoms with Gasteiger partial charge in [0, 0.05) is 54.5 Å². The second-order valence-electron chi connectivity index (χ2n) is 21.1. The molecule has 8 amide bonds. The molecule has 1 saturated heterocycles. The first kappa shape index (κ1) is 66.3. The smallest absolute Gasteiger partial charge is 0.245 e. The SMILES string of the molecule is CC(C)CCOC(C)CC(=O)NC(Cc1ccccc1)C(=O)N[C@H]1CSSC[C@@H](C(=O)NC(CO)[C@@H](C)O)NC(=O)[C@H]([C@@H](C)O)NC(=O)[C@H](CCCCN)NC(=O)[C@@H](Cc2c[nH]c3ccccc23)NC(=O)[C@H](Cc2ccccc2)NC1=O. The largest absolute Gasteiger partial charge is 0.394 e. The molecule has 3 aromatic carbocycles. The first-order chi connectivity index (χ1) is 39.3. The quantitative estimate of drug-likeness (QED) is 0.0346. The van der Waals surface area contributed by atoms with Crippen LogP contribution in [0.15, 0.2) is 91.1 Å². The molecule has 0 radical (unpaired) electrons. The van der Waals surface area contributed by atoms with E-state index in [1.54, 1.807) is 73.8 Å². The van der Waals surface area contributed by atoms with E-state index in [-0.39, 0.29) is 50.2 Å². The lowest BCUT2D eigenvalue weighted by molar-refractivity contribution is -0.136. The number of para-hydroxylation sites is 1. The van der Waals surface area contributed by atoms with Gasteiger partial charge in [0.2, 0.25) is 47.3 Å². The number of nitrogens with one attached hydrogen (secondary N) is 9. The molecule has 0 spiro atoms. The third kappa shape index (κ3) is 21.7. The van der Waals surface area contributed by atoms with Crippen molar-refractivity contribution in [1.29, 1.82) is 0 Å². The van der Waals surface area contributed by atoms with Crippen LogP contribution in [-0.4, -0.2) is 165 Å². The van der Waals surface area contributed by atoms with Crippen LogP contribution < -0.4 is 48.3 Å². The molecule has 82 heavy (non-hydrogen) atoms. The molecule has 0 bridgehead atoms. The predicted molar refractivity (Wildman–Crippen MR) is 315 cm³/mol. The van der Waals surface area contributed by atoms with Crippen molar-refractivity contribution in [1.82, 2.24) is 47.5 Å². The fourth-order valence-corrected chi connectivity index (χ4v) is 11.2. The number of H-pyrrole nitrogens is 1. The van der Waals surface area contributed by atoms with Gasteiger partial charge in [-0.15, -0.1) is 0 Å². The number of fused-ring (bicyclic) bond motifs is 1. The van der Waals surface area contributed by atoms with Crippen molar-refractivity contribution in [3.05, 3.63) is 108 Å². The number of ether oxygens (including phenoxy) is 1. The van der Waals surface area contributed by atoms with E-state index in [0.29, 0.717) is 42.1 Å². The molecule has 448 valence electrons. The molecule has 1 aliphatic heterocycles. The van der Waals surface area contributed by atoms with Crippen molar-refractivity contribution < 1.29 is 58.4 Å². The van der Waals surface area contributed by atoms with Gasteiger partial charge in [-0.1, -0.05) is 114 Å². The Morgan fingerprint density at radius 2 is 1.32 bits per heavy atom. The van der Waals surface area contributed by atoms with E-state index in [0.717, 1.165) is 38.9 Å². The third-order valence-corrected chi connectivity index (χ3v) is 16.1. The minimum absolute atomic E-state index is 0.0130. The summed E-state index contributed by atoms with van der Waals surface area (Å²) in [5, 5.41) is 53.9. The number of hydrogen-bond donors (Lipinski definition) is 13. The van der Waals surface area contributed by atoms with Crippen molar-refractivity contribution in [3.63, 3.8) is 0 Å². The van der Waals surface area contributed by atoms with Gasteiger partial charge in [0.15, 0.2) is 0 Å². The van der Waals surface area contributed by atoms with Gasteiger partial charge in [0.05, 0.1) is 37.4 Å². The highest BCUT2D eigenvalue weighted by molar-refractivity contribution is 8.76. The molecule has 24 heteroatoms. The molecule has 1 aliphatic rings. The Morgan fingerprint density at radius 1 is 0.707 bits per heavy atom. The Morgan fingerprint density at radius 3 is 1.96 bits per heavy atom. The summed E-state index contributed by atoms with van der Waals surface area (Å²) in [6.07, 6.45) is -0.229. The number of carbonyl (C=O) groups excluding carboxylic acids is 8. The molecule has 3 unspecified atom stereocenters. The topological polar surface area (TPSA) is 345 Å². The minimum Gasteiger partial charge on any atom is -0.394 e. The summed E-state index contributed by atoms with van der Waals surface area (Å²) in [5.74, 6) is -6.47. The van der Waals surface area contributed by atoms with Crippen LogP contribution in [0.2, 0.25) is 0 Å². The van der Waals surface area contributed by atoms with E-state index in [4.69, 9.17) is 10.5 Å². The molecule has 4 aromatic rings. The van der Waals surface area contributed by atoms with Gasteiger partial charge in [0.25, 0.3) is 0 Å². The third-order valence-electron chi connectivity index (χ3n) is 13.7. The van der Waals surface area contributed by atoms with Crippen LogP contribution in [0.3, 0.4) is 0 Å². The van der Waals surface area contributed by atoms with Gasteiger partial charge in [-0.2, -0.15) is 0 Å². The molecule has 0 saturated carbocycles. The van der Waals surface area contributed by atoms with Crippen LogP contribution in [0, 0.1) is 5.92 Å². The highest BCUT2D eigenvalue weighted by atomic mass is 33.1. The number of aromatic amines is 1. The van der Waals surface area contributed by atoms with Crippen LogP contribution in [0.4, 0.5) is 0 Å². The number of nitrogens with two attached hydrogens (primary N) is 1. The zero-order valence-electron chi connectivity index (χ0n) is 47.2. The standard InChI is InChI=1S/C58H82N10O12S2/c1-34(2)23-25-80-35(3)26-50(72)61-44(27-38-16-8-6-9-17-38)53(74)66-48-32-81-82-33-49(57(78)65-47(31-69)36(4)70)67-58(79)51(37(5)71)68-52(73)43(22-14-15-24-59)62-55(76)46(29-40-30-60-42-21-13-12-20-41(40)42)64-54(75)45(63-56(48)77)28-39-18-10-7-11-19-39/h6-13,16-21,30,34-37,43-49,51,60,69-71H,14-15,22-29,31-33,59H2,1-5H3,(H,61,72)(H,62,76)(H,63,77)(H,64,75)(H,65,78)(H,66,74)(H,67,79)(H,68,73)/t35?,36-,37-,43+,44?,45+,46-,47?,48+,49+,51+/m1/s1. The second-order valence-corrected chi connectivity index (χ2v) is 23.6. The first-order valence-corrected chi connectivity index (χ1v) is 30.3. The Hall–Kier alpha value is -6.54. The van der Waals surface area contributed by atoms with E-state index in [1.165, 1.54) is 13.8 Å². The highest BCUT2D eigenvalue weighted by Crippen LogP contribution is 2.25. The summed E-state index contributed by atoms with van der Waals surface area (Å²) >= 11 is 0. The van der Waals surface area contributed by atoms with E-state index >= 15 is 0 Å². The molecule has 14 N–H and O–H groups in total. The average Bonchev–Trinajstić information content (AvgIpc) is 4.01. The van der Waals surface area contributed by atoms with Crippen LogP contribution in [0.1, 0.15) is 83.4 Å². The van der Waals surface area contributed by atoms with Crippen molar-refractivity contribution in [2.75, 3.05) is 31.3 Å². The molecule has 5 rings (SSSR count). The van der Waals surface area contributed by atoms with E-state index in [1.807, 2.05) is 24.3 Å². The van der Waals surface area contributed by atoms with Crippen molar-refractivity contribution >= 4 is 79.7 Å². The molecule has 1 aromatic heterocycles. The number of unbranched alkanes of at least 4 members (excludes halogenated alkanes) is 1. The summed E-state index contributed by atoms with van der Waals surface area (Å²) in [6.45, 7) is 8.50. The van der Waals surface area contributed by atoms with Gasteiger partial charge < -0.3 is 73.3 Å². The lowest BCUT2D eigenvalue weighted by Gasteiger charge is -2.29. The number of hydrogen-bond acceptors (Lipinski definition) is 15. The van der Waals surface area contributed by atoms with Gasteiger partial charge >= 0.3 is 0 Å². The molecular formula is C58H82N10O12S2. The number of aromatic nitrogens is 1. The summed E-state index contributed by atoms with van der Waals surface area (Å²) in [4.78, 5) is 119.